The molecule has 0 saturated heterocycles. The highest BCUT2D eigenvalue weighted by Gasteiger charge is 2.08. The van der Waals surface area contributed by atoms with Crippen LogP contribution >= 0.6 is 11.3 Å². The van der Waals surface area contributed by atoms with Crippen LogP contribution in [-0.2, 0) is 0 Å². The van der Waals surface area contributed by atoms with Crippen LogP contribution in [0.25, 0.3) is 0 Å². The van der Waals surface area contributed by atoms with Crippen molar-refractivity contribution in [2.75, 3.05) is 17.2 Å². The maximum atomic E-state index is 11.8. The minimum atomic E-state index is -0.282. The van der Waals surface area contributed by atoms with Crippen molar-refractivity contribution in [3.05, 3.63) is 40.8 Å². The van der Waals surface area contributed by atoms with Crippen LogP contribution in [0.3, 0.4) is 0 Å². The molecule has 0 aliphatic heterocycles. The molecular formula is C13H14N4O2S. The predicted octanol–water partition coefficient (Wildman–Crippen LogP) is 2.54. The van der Waals surface area contributed by atoms with Crippen molar-refractivity contribution in [3.63, 3.8) is 0 Å². The SMILES string of the molecule is CCNC(=O)Nc1cccc(NC(=O)c2cscn2)c1. The number of carbonyl (C=O) groups excluding carboxylic acids is 2. The van der Waals surface area contributed by atoms with Gasteiger partial charge in [-0.1, -0.05) is 6.07 Å². The summed E-state index contributed by atoms with van der Waals surface area (Å²) in [6, 6.07) is 6.63. The molecule has 0 saturated carbocycles. The fourth-order valence-corrected chi connectivity index (χ4v) is 2.06. The molecular weight excluding hydrogens is 276 g/mol. The summed E-state index contributed by atoms with van der Waals surface area (Å²) in [5.74, 6) is -0.276. The van der Waals surface area contributed by atoms with Crippen LogP contribution in [-0.4, -0.2) is 23.5 Å². The lowest BCUT2D eigenvalue weighted by Crippen LogP contribution is -2.28. The molecule has 0 spiro atoms. The minimum Gasteiger partial charge on any atom is -0.338 e. The maximum absolute atomic E-state index is 11.8. The first kappa shape index (κ1) is 14.0. The van der Waals surface area contributed by atoms with E-state index in [2.05, 4.69) is 20.9 Å². The number of hydrogen-bond donors (Lipinski definition) is 3. The van der Waals surface area contributed by atoms with Crippen LogP contribution in [0, 0.1) is 0 Å². The smallest absolute Gasteiger partial charge is 0.319 e. The summed E-state index contributed by atoms with van der Waals surface area (Å²) in [7, 11) is 0. The third kappa shape index (κ3) is 3.79. The number of nitrogens with zero attached hydrogens (tertiary/aromatic N) is 1. The summed E-state index contributed by atoms with van der Waals surface area (Å²) < 4.78 is 0. The average molecular weight is 290 g/mol. The molecule has 0 atom stereocenters. The number of hydrogen-bond acceptors (Lipinski definition) is 4. The number of aromatic nitrogens is 1. The van der Waals surface area contributed by atoms with E-state index in [0.29, 0.717) is 23.6 Å². The van der Waals surface area contributed by atoms with E-state index >= 15 is 0 Å². The Morgan fingerprint density at radius 1 is 1.25 bits per heavy atom. The van der Waals surface area contributed by atoms with E-state index in [1.165, 1.54) is 11.3 Å². The number of benzene rings is 1. The minimum absolute atomic E-state index is 0.276. The third-order valence-electron chi connectivity index (χ3n) is 2.38. The molecule has 6 nitrogen and oxygen atoms in total. The average Bonchev–Trinajstić information content (AvgIpc) is 2.93. The Balaban J connectivity index is 2.02. The first-order valence-electron chi connectivity index (χ1n) is 6.03. The second kappa shape index (κ2) is 6.67. The topological polar surface area (TPSA) is 83.1 Å². The zero-order valence-electron chi connectivity index (χ0n) is 10.8. The second-order valence-electron chi connectivity index (χ2n) is 3.89. The van der Waals surface area contributed by atoms with E-state index in [0.717, 1.165) is 0 Å². The Morgan fingerprint density at radius 2 is 2.00 bits per heavy atom. The highest BCUT2D eigenvalue weighted by atomic mass is 32.1. The molecule has 0 aliphatic carbocycles. The Labute approximate surface area is 120 Å². The molecule has 3 N–H and O–H groups in total. The van der Waals surface area contributed by atoms with E-state index in [1.54, 1.807) is 35.2 Å². The molecule has 104 valence electrons. The molecule has 0 radical (unpaired) electrons. The summed E-state index contributed by atoms with van der Waals surface area (Å²) in [5.41, 5.74) is 3.17. The fourth-order valence-electron chi connectivity index (χ4n) is 1.53. The van der Waals surface area contributed by atoms with Gasteiger partial charge in [0.1, 0.15) is 5.69 Å². The van der Waals surface area contributed by atoms with Crippen molar-refractivity contribution in [2.45, 2.75) is 6.92 Å². The number of thiazole rings is 1. The van der Waals surface area contributed by atoms with E-state index in [1.807, 2.05) is 6.92 Å². The largest absolute Gasteiger partial charge is 0.338 e. The molecule has 2 rings (SSSR count). The normalized spacial score (nSPS) is 9.85. The number of carbonyl (C=O) groups is 2. The van der Waals surface area contributed by atoms with Crippen LogP contribution in [0.1, 0.15) is 17.4 Å². The van der Waals surface area contributed by atoms with Crippen LogP contribution < -0.4 is 16.0 Å². The Morgan fingerprint density at radius 3 is 2.65 bits per heavy atom. The molecule has 20 heavy (non-hydrogen) atoms. The zero-order chi connectivity index (χ0) is 14.4. The standard InChI is InChI=1S/C13H14N4O2S/c1-2-14-13(19)17-10-5-3-4-9(6-10)16-12(18)11-7-20-8-15-11/h3-8H,2H2,1H3,(H,16,18)(H2,14,17,19). The molecule has 1 aromatic heterocycles. The second-order valence-corrected chi connectivity index (χ2v) is 4.61. The Kier molecular flexibility index (Phi) is 4.67. The summed E-state index contributed by atoms with van der Waals surface area (Å²) in [4.78, 5) is 27.2. The number of anilines is 2. The van der Waals surface area contributed by atoms with Gasteiger partial charge in [-0.3, -0.25) is 4.79 Å². The lowest BCUT2D eigenvalue weighted by Gasteiger charge is -2.08. The van der Waals surface area contributed by atoms with Gasteiger partial charge in [0.25, 0.3) is 5.91 Å². The monoisotopic (exact) mass is 290 g/mol. The van der Waals surface area contributed by atoms with Gasteiger partial charge in [0, 0.05) is 23.3 Å². The molecule has 2 aromatic rings. The Hall–Kier alpha value is -2.41. The van der Waals surface area contributed by atoms with Gasteiger partial charge in [-0.25, -0.2) is 9.78 Å². The maximum Gasteiger partial charge on any atom is 0.319 e. The molecule has 7 heteroatoms. The molecule has 1 aromatic carbocycles. The van der Waals surface area contributed by atoms with Crippen LogP contribution in [0.2, 0.25) is 0 Å². The quantitative estimate of drug-likeness (QED) is 0.809. The van der Waals surface area contributed by atoms with E-state index in [4.69, 9.17) is 0 Å². The molecule has 1 heterocycles. The van der Waals surface area contributed by atoms with Gasteiger partial charge in [-0.2, -0.15) is 0 Å². The van der Waals surface area contributed by atoms with Crippen molar-refractivity contribution < 1.29 is 9.59 Å². The van der Waals surface area contributed by atoms with E-state index < -0.39 is 0 Å². The first-order valence-corrected chi connectivity index (χ1v) is 6.97. The lowest BCUT2D eigenvalue weighted by atomic mass is 10.2. The first-order chi connectivity index (χ1) is 9.69. The van der Waals surface area contributed by atoms with Crippen LogP contribution in [0.4, 0.5) is 16.2 Å². The summed E-state index contributed by atoms with van der Waals surface area (Å²) >= 11 is 1.36. The predicted molar refractivity (Wildman–Crippen MR) is 79.2 cm³/mol. The van der Waals surface area contributed by atoms with Gasteiger partial charge >= 0.3 is 6.03 Å². The number of nitrogens with one attached hydrogen (secondary N) is 3. The van der Waals surface area contributed by atoms with Gasteiger partial charge in [-0.05, 0) is 25.1 Å². The molecule has 0 aliphatic rings. The van der Waals surface area contributed by atoms with Gasteiger partial charge in [0.15, 0.2) is 0 Å². The highest BCUT2D eigenvalue weighted by molar-refractivity contribution is 7.07. The molecule has 0 unspecified atom stereocenters. The summed E-state index contributed by atoms with van der Waals surface area (Å²) in [6.07, 6.45) is 0. The van der Waals surface area contributed by atoms with Crippen LogP contribution in [0.5, 0.6) is 0 Å². The summed E-state index contributed by atoms with van der Waals surface area (Å²) in [6.45, 7) is 2.39. The Bertz CT molecular complexity index is 598. The number of urea groups is 1. The zero-order valence-corrected chi connectivity index (χ0v) is 11.7. The highest BCUT2D eigenvalue weighted by Crippen LogP contribution is 2.16. The van der Waals surface area contributed by atoms with Gasteiger partial charge in [0.2, 0.25) is 0 Å². The van der Waals surface area contributed by atoms with Crippen molar-refractivity contribution in [1.29, 1.82) is 0 Å². The number of amides is 3. The molecule has 3 amide bonds. The summed E-state index contributed by atoms with van der Waals surface area (Å²) in [5, 5.41) is 9.70. The van der Waals surface area contributed by atoms with Gasteiger partial charge in [0.05, 0.1) is 5.51 Å². The van der Waals surface area contributed by atoms with E-state index in [-0.39, 0.29) is 11.9 Å². The fraction of sp³-hybridized carbons (Fsp3) is 0.154. The number of rotatable bonds is 4. The van der Waals surface area contributed by atoms with Crippen molar-refractivity contribution in [3.8, 4) is 0 Å². The van der Waals surface area contributed by atoms with E-state index in [9.17, 15) is 9.59 Å². The van der Waals surface area contributed by atoms with Crippen LogP contribution in [0.15, 0.2) is 35.2 Å². The third-order valence-corrected chi connectivity index (χ3v) is 2.97. The molecule has 0 fully saturated rings. The van der Waals surface area contributed by atoms with Crippen molar-refractivity contribution in [2.24, 2.45) is 0 Å². The van der Waals surface area contributed by atoms with Crippen molar-refractivity contribution in [1.82, 2.24) is 10.3 Å². The van der Waals surface area contributed by atoms with Gasteiger partial charge in [-0.15, -0.1) is 11.3 Å². The molecule has 0 bridgehead atoms. The van der Waals surface area contributed by atoms with Gasteiger partial charge < -0.3 is 16.0 Å². The van der Waals surface area contributed by atoms with Crippen molar-refractivity contribution >= 4 is 34.6 Å². The lowest BCUT2D eigenvalue weighted by molar-refractivity contribution is 0.102.